The van der Waals surface area contributed by atoms with Crippen LogP contribution >= 0.6 is 11.8 Å². The largest absolute Gasteiger partial charge is 0.353 e. The van der Waals surface area contributed by atoms with Gasteiger partial charge in [0.25, 0.3) is 5.56 Å². The number of rotatable bonds is 4. The van der Waals surface area contributed by atoms with Gasteiger partial charge in [0, 0.05) is 24.0 Å². The first-order valence-electron chi connectivity index (χ1n) is 11.2. The van der Waals surface area contributed by atoms with E-state index in [2.05, 4.69) is 10.3 Å². The summed E-state index contributed by atoms with van der Waals surface area (Å²) in [4.78, 5) is 43.0. The fourth-order valence-electron chi connectivity index (χ4n) is 4.94. The first-order chi connectivity index (χ1) is 15.0. The van der Waals surface area contributed by atoms with Crippen LogP contribution in [0, 0.1) is 11.7 Å². The molecule has 0 atom stereocenters. The number of nitrogens with zero attached hydrogens (tertiary/aromatic N) is 3. The maximum Gasteiger partial charge on any atom is 0.333 e. The monoisotopic (exact) mass is 446 g/mol. The highest BCUT2D eigenvalue weighted by Gasteiger charge is 2.33. The van der Waals surface area contributed by atoms with Gasteiger partial charge in [-0.25, -0.2) is 14.2 Å². The molecule has 0 radical (unpaired) electrons. The van der Waals surface area contributed by atoms with Crippen LogP contribution in [0.15, 0.2) is 21.9 Å². The van der Waals surface area contributed by atoms with Crippen LogP contribution in [-0.2, 0) is 4.79 Å². The van der Waals surface area contributed by atoms with Crippen molar-refractivity contribution < 1.29 is 9.18 Å². The van der Waals surface area contributed by atoms with E-state index in [1.807, 2.05) is 11.8 Å². The molecule has 166 valence electrons. The zero-order valence-electron chi connectivity index (χ0n) is 17.4. The Morgan fingerprint density at radius 3 is 2.35 bits per heavy atom. The van der Waals surface area contributed by atoms with Gasteiger partial charge in [-0.1, -0.05) is 0 Å². The third kappa shape index (κ3) is 4.04. The molecule has 31 heavy (non-hydrogen) atoms. The summed E-state index contributed by atoms with van der Waals surface area (Å²) in [6, 6.07) is 1.02. The lowest BCUT2D eigenvalue weighted by Gasteiger charge is -2.31. The van der Waals surface area contributed by atoms with Crippen LogP contribution in [0.1, 0.15) is 63.5 Å². The molecule has 0 unspecified atom stereocenters. The minimum Gasteiger partial charge on any atom is -0.353 e. The summed E-state index contributed by atoms with van der Waals surface area (Å²) in [5.74, 6) is 1.62. The summed E-state index contributed by atoms with van der Waals surface area (Å²) in [6.07, 6.45) is 7.41. The Balaban J connectivity index is 1.49. The average molecular weight is 447 g/mol. The highest BCUT2D eigenvalue weighted by atomic mass is 32.2. The van der Waals surface area contributed by atoms with Crippen molar-refractivity contribution in [1.82, 2.24) is 19.4 Å². The SMILES string of the molecule is O=C(NC1CCC(n2c(=O)c3cc(F)cnc3n(C3CCSCC3)c2=O)CC1)C1CC1. The fraction of sp³-hybridized carbons (Fsp3) is 0.636. The van der Waals surface area contributed by atoms with Crippen LogP contribution in [0.3, 0.4) is 0 Å². The smallest absolute Gasteiger partial charge is 0.333 e. The number of carbonyl (C=O) groups is 1. The lowest BCUT2D eigenvalue weighted by Crippen LogP contribution is -2.46. The maximum atomic E-state index is 14.0. The molecule has 3 heterocycles. The van der Waals surface area contributed by atoms with Crippen LogP contribution < -0.4 is 16.6 Å². The van der Waals surface area contributed by atoms with E-state index in [1.165, 1.54) is 10.6 Å². The minimum atomic E-state index is -0.577. The Bertz CT molecular complexity index is 1110. The fourth-order valence-corrected chi connectivity index (χ4v) is 6.02. The number of aromatic nitrogens is 3. The topological polar surface area (TPSA) is 86.0 Å². The summed E-state index contributed by atoms with van der Waals surface area (Å²) >= 11 is 1.86. The van der Waals surface area contributed by atoms with Crippen LogP contribution in [0.5, 0.6) is 0 Å². The van der Waals surface area contributed by atoms with E-state index in [4.69, 9.17) is 0 Å². The zero-order valence-corrected chi connectivity index (χ0v) is 18.2. The molecule has 0 spiro atoms. The Labute approximate surface area is 183 Å². The third-order valence-corrected chi connectivity index (χ3v) is 7.88. The Hall–Kier alpha value is -2.16. The molecule has 1 N–H and O–H groups in total. The van der Waals surface area contributed by atoms with E-state index in [-0.39, 0.29) is 46.7 Å². The van der Waals surface area contributed by atoms with Crippen LogP contribution in [0.4, 0.5) is 4.39 Å². The molecule has 5 rings (SSSR count). The molecule has 0 bridgehead atoms. The second-order valence-corrected chi connectivity index (χ2v) is 10.2. The van der Waals surface area contributed by atoms with Gasteiger partial charge in [-0.05, 0) is 68.9 Å². The van der Waals surface area contributed by atoms with Gasteiger partial charge in [-0.15, -0.1) is 0 Å². The molecule has 0 aromatic carbocycles. The van der Waals surface area contributed by atoms with Gasteiger partial charge < -0.3 is 5.32 Å². The van der Waals surface area contributed by atoms with E-state index >= 15 is 0 Å². The van der Waals surface area contributed by atoms with Gasteiger partial charge in [-0.3, -0.25) is 18.7 Å². The van der Waals surface area contributed by atoms with Crippen molar-refractivity contribution in [3.05, 3.63) is 38.9 Å². The first-order valence-corrected chi connectivity index (χ1v) is 12.4. The number of pyridine rings is 1. The summed E-state index contributed by atoms with van der Waals surface area (Å²) < 4.78 is 16.9. The molecule has 1 amide bonds. The number of amides is 1. The van der Waals surface area contributed by atoms with Crippen molar-refractivity contribution >= 4 is 28.7 Å². The molecular formula is C22H27FN4O3S. The number of halogens is 1. The zero-order chi connectivity index (χ0) is 21.5. The van der Waals surface area contributed by atoms with Gasteiger partial charge in [0.2, 0.25) is 5.91 Å². The first kappa shape index (κ1) is 20.7. The average Bonchev–Trinajstić information content (AvgIpc) is 3.62. The molecule has 3 fully saturated rings. The lowest BCUT2D eigenvalue weighted by atomic mass is 9.90. The number of fused-ring (bicyclic) bond motifs is 1. The number of hydrogen-bond acceptors (Lipinski definition) is 5. The van der Waals surface area contributed by atoms with E-state index < -0.39 is 11.4 Å². The predicted octanol–water partition coefficient (Wildman–Crippen LogP) is 2.78. The van der Waals surface area contributed by atoms with Crippen molar-refractivity contribution in [2.75, 3.05) is 11.5 Å². The molecule has 1 saturated heterocycles. The van der Waals surface area contributed by atoms with Crippen LogP contribution in [0.2, 0.25) is 0 Å². The molecular weight excluding hydrogens is 419 g/mol. The van der Waals surface area contributed by atoms with E-state index in [0.29, 0.717) is 12.8 Å². The van der Waals surface area contributed by atoms with Gasteiger partial charge in [0.05, 0.1) is 11.6 Å². The molecule has 7 nitrogen and oxygen atoms in total. The highest BCUT2D eigenvalue weighted by molar-refractivity contribution is 7.99. The van der Waals surface area contributed by atoms with Crippen LogP contribution in [0.25, 0.3) is 11.0 Å². The molecule has 9 heteroatoms. The Morgan fingerprint density at radius 1 is 1.00 bits per heavy atom. The summed E-state index contributed by atoms with van der Waals surface area (Å²) in [5.41, 5.74) is -0.507. The van der Waals surface area contributed by atoms with Crippen molar-refractivity contribution in [2.24, 2.45) is 5.92 Å². The number of carbonyl (C=O) groups excluding carboxylic acids is 1. The predicted molar refractivity (Wildman–Crippen MR) is 118 cm³/mol. The second-order valence-electron chi connectivity index (χ2n) is 8.98. The van der Waals surface area contributed by atoms with Gasteiger partial charge in [0.1, 0.15) is 11.5 Å². The Morgan fingerprint density at radius 2 is 1.68 bits per heavy atom. The number of hydrogen-bond donors (Lipinski definition) is 1. The van der Waals surface area contributed by atoms with Crippen molar-refractivity contribution in [3.63, 3.8) is 0 Å². The summed E-state index contributed by atoms with van der Waals surface area (Å²) in [5, 5.41) is 3.28. The standard InChI is InChI=1S/C22H27FN4O3S/c23-14-11-18-19(24-12-14)26(17-7-9-31-10-8-17)22(30)27(21(18)29)16-5-3-15(4-6-16)25-20(28)13-1-2-13/h11-13,15-17H,1-10H2,(H,25,28). The third-order valence-electron chi connectivity index (χ3n) is 6.84. The maximum absolute atomic E-state index is 14.0. The quantitative estimate of drug-likeness (QED) is 0.781. The van der Waals surface area contributed by atoms with Gasteiger partial charge in [-0.2, -0.15) is 11.8 Å². The molecule has 2 aromatic heterocycles. The molecule has 2 aliphatic carbocycles. The number of thioether (sulfide) groups is 1. The van der Waals surface area contributed by atoms with E-state index in [9.17, 15) is 18.8 Å². The Kier molecular flexibility index (Phi) is 5.62. The van der Waals surface area contributed by atoms with Crippen LogP contribution in [-0.4, -0.2) is 37.6 Å². The highest BCUT2D eigenvalue weighted by Crippen LogP contribution is 2.32. The van der Waals surface area contributed by atoms with Crippen molar-refractivity contribution in [2.45, 2.75) is 69.5 Å². The van der Waals surface area contributed by atoms with Crippen molar-refractivity contribution in [3.8, 4) is 0 Å². The van der Waals surface area contributed by atoms with Gasteiger partial charge >= 0.3 is 5.69 Å². The molecule has 3 aliphatic rings. The second kappa shape index (κ2) is 8.41. The molecule has 2 saturated carbocycles. The number of nitrogens with one attached hydrogen (secondary N) is 1. The van der Waals surface area contributed by atoms with E-state index in [1.54, 1.807) is 4.57 Å². The molecule has 2 aromatic rings. The summed E-state index contributed by atoms with van der Waals surface area (Å²) in [6.45, 7) is 0. The lowest BCUT2D eigenvalue weighted by molar-refractivity contribution is -0.123. The summed E-state index contributed by atoms with van der Waals surface area (Å²) in [7, 11) is 0. The normalized spacial score (nSPS) is 24.9. The van der Waals surface area contributed by atoms with E-state index in [0.717, 1.165) is 56.2 Å². The van der Waals surface area contributed by atoms with Gasteiger partial charge in [0.15, 0.2) is 0 Å². The van der Waals surface area contributed by atoms with Crippen molar-refractivity contribution in [1.29, 1.82) is 0 Å². The minimum absolute atomic E-state index is 0.0322. The molecule has 1 aliphatic heterocycles.